The van der Waals surface area contributed by atoms with Crippen LogP contribution in [0.3, 0.4) is 0 Å². The molecule has 4 heterocycles. The summed E-state index contributed by atoms with van der Waals surface area (Å²) in [5.41, 5.74) is 12.1. The zero-order valence-electron chi connectivity index (χ0n) is 20.2. The Morgan fingerprint density at radius 3 is 2.50 bits per heavy atom. The highest BCUT2D eigenvalue weighted by atomic mass is 16.2. The number of carbonyl (C=O) groups is 1. The summed E-state index contributed by atoms with van der Waals surface area (Å²) in [6, 6.07) is 16.5. The van der Waals surface area contributed by atoms with E-state index >= 15 is 0 Å². The molecule has 8 heteroatoms. The Balaban J connectivity index is 1.31. The maximum absolute atomic E-state index is 11.9. The van der Waals surface area contributed by atoms with Gasteiger partial charge in [-0.1, -0.05) is 18.7 Å². The molecular weight excluding hydrogens is 450 g/mol. The van der Waals surface area contributed by atoms with E-state index in [1.807, 2.05) is 17.0 Å². The predicted molar refractivity (Wildman–Crippen MR) is 141 cm³/mol. The molecular formula is C28H29N7O. The molecule has 0 atom stereocenters. The van der Waals surface area contributed by atoms with Crippen molar-refractivity contribution in [2.24, 2.45) is 0 Å². The quantitative estimate of drug-likeness (QED) is 0.423. The van der Waals surface area contributed by atoms with Crippen molar-refractivity contribution >= 4 is 22.9 Å². The number of nitrogen functional groups attached to an aromatic ring is 1. The van der Waals surface area contributed by atoms with Crippen LogP contribution in [0, 0.1) is 0 Å². The molecule has 2 aliphatic rings. The third-order valence-corrected chi connectivity index (χ3v) is 7.06. The van der Waals surface area contributed by atoms with Gasteiger partial charge < -0.3 is 10.6 Å². The first-order chi connectivity index (χ1) is 17.6. The number of benzene rings is 1. The van der Waals surface area contributed by atoms with Crippen molar-refractivity contribution in [1.29, 1.82) is 0 Å². The van der Waals surface area contributed by atoms with E-state index in [1.165, 1.54) is 24.5 Å². The predicted octanol–water partition coefficient (Wildman–Crippen LogP) is 3.77. The van der Waals surface area contributed by atoms with Gasteiger partial charge in [0, 0.05) is 56.2 Å². The number of imidazole rings is 1. The van der Waals surface area contributed by atoms with Crippen molar-refractivity contribution in [2.75, 3.05) is 31.9 Å². The van der Waals surface area contributed by atoms with Crippen LogP contribution in [-0.4, -0.2) is 61.4 Å². The molecule has 1 amide bonds. The fraction of sp³-hybridized carbons (Fsp3) is 0.286. The molecule has 182 valence electrons. The molecule has 6 rings (SSSR count). The second-order valence-corrected chi connectivity index (χ2v) is 9.53. The molecule has 1 saturated carbocycles. The van der Waals surface area contributed by atoms with Gasteiger partial charge in [-0.15, -0.1) is 0 Å². The number of amides is 1. The second-order valence-electron chi connectivity index (χ2n) is 9.53. The molecule has 8 nitrogen and oxygen atoms in total. The minimum atomic E-state index is 0.00933. The van der Waals surface area contributed by atoms with E-state index < -0.39 is 0 Å². The van der Waals surface area contributed by atoms with E-state index in [0.29, 0.717) is 11.7 Å². The maximum atomic E-state index is 11.9. The first-order valence-corrected chi connectivity index (χ1v) is 12.4. The van der Waals surface area contributed by atoms with E-state index in [4.69, 9.17) is 15.7 Å². The van der Waals surface area contributed by atoms with E-state index in [9.17, 15) is 4.79 Å². The molecule has 2 N–H and O–H groups in total. The molecule has 1 saturated heterocycles. The third kappa shape index (κ3) is 4.24. The van der Waals surface area contributed by atoms with Crippen LogP contribution in [0.2, 0.25) is 0 Å². The summed E-state index contributed by atoms with van der Waals surface area (Å²) in [6.07, 6.45) is 5.47. The number of hydrogen-bond acceptors (Lipinski definition) is 6. The highest BCUT2D eigenvalue weighted by Gasteiger charge is 2.27. The number of rotatable bonds is 6. The molecule has 2 fully saturated rings. The lowest BCUT2D eigenvalue weighted by atomic mass is 10.1. The van der Waals surface area contributed by atoms with Crippen LogP contribution in [0.4, 0.5) is 5.82 Å². The summed E-state index contributed by atoms with van der Waals surface area (Å²) >= 11 is 0. The zero-order chi connectivity index (χ0) is 24.6. The second kappa shape index (κ2) is 9.20. The van der Waals surface area contributed by atoms with E-state index in [0.717, 1.165) is 66.7 Å². The fourth-order valence-electron chi connectivity index (χ4n) is 4.87. The summed E-state index contributed by atoms with van der Waals surface area (Å²) in [4.78, 5) is 30.3. The largest absolute Gasteiger partial charge is 0.383 e. The minimum Gasteiger partial charge on any atom is -0.383 e. The number of pyridine rings is 2. The monoisotopic (exact) mass is 479 g/mol. The van der Waals surface area contributed by atoms with E-state index in [1.54, 1.807) is 6.20 Å². The van der Waals surface area contributed by atoms with Gasteiger partial charge in [0.15, 0.2) is 11.5 Å². The SMILES string of the molecule is C=CC(=O)N1CCN(Cc2ccc(-n3c(-c4cccnc4N)nc4ccc(C5CC5)nc43)cc2)CC1. The van der Waals surface area contributed by atoms with Gasteiger partial charge in [-0.2, -0.15) is 0 Å². The standard InChI is InChI=1S/C28H29N7O/c1-2-25(36)34-16-14-33(15-17-34)18-19-5-9-21(10-6-19)35-27(22-4-3-13-30-26(22)29)32-24-12-11-23(20-7-8-20)31-28(24)35/h2-6,9-13,20H,1,7-8,14-18H2,(H2,29,30). The lowest BCUT2D eigenvalue weighted by molar-refractivity contribution is -0.127. The Kier molecular flexibility index (Phi) is 5.73. The van der Waals surface area contributed by atoms with Crippen LogP contribution in [-0.2, 0) is 11.3 Å². The van der Waals surface area contributed by atoms with Crippen molar-refractivity contribution in [3.63, 3.8) is 0 Å². The van der Waals surface area contributed by atoms with Gasteiger partial charge >= 0.3 is 0 Å². The number of aromatic nitrogens is 4. The van der Waals surface area contributed by atoms with Crippen molar-refractivity contribution in [2.45, 2.75) is 25.3 Å². The fourth-order valence-corrected chi connectivity index (χ4v) is 4.87. The molecule has 0 unspecified atom stereocenters. The Bertz CT molecular complexity index is 1430. The van der Waals surface area contributed by atoms with Crippen molar-refractivity contribution in [1.82, 2.24) is 29.3 Å². The number of hydrogen-bond donors (Lipinski definition) is 1. The van der Waals surface area contributed by atoms with Gasteiger partial charge in [0.25, 0.3) is 0 Å². The normalized spacial score (nSPS) is 16.4. The first-order valence-electron chi connectivity index (χ1n) is 12.4. The van der Waals surface area contributed by atoms with Gasteiger partial charge in [0.05, 0.1) is 5.56 Å². The summed E-state index contributed by atoms with van der Waals surface area (Å²) in [6.45, 7) is 7.60. The van der Waals surface area contributed by atoms with Gasteiger partial charge in [-0.3, -0.25) is 14.3 Å². The minimum absolute atomic E-state index is 0.00933. The lowest BCUT2D eigenvalue weighted by Gasteiger charge is -2.34. The molecule has 36 heavy (non-hydrogen) atoms. The summed E-state index contributed by atoms with van der Waals surface area (Å²) in [5.74, 6) is 1.75. The van der Waals surface area contributed by atoms with Crippen molar-refractivity contribution in [3.05, 3.63) is 78.6 Å². The first kappa shape index (κ1) is 22.4. The number of nitrogens with two attached hydrogens (primary N) is 1. The summed E-state index contributed by atoms with van der Waals surface area (Å²) in [5, 5.41) is 0. The van der Waals surface area contributed by atoms with Crippen LogP contribution in [0.1, 0.15) is 30.0 Å². The van der Waals surface area contributed by atoms with Crippen LogP contribution < -0.4 is 5.73 Å². The molecule has 0 spiro atoms. The number of carbonyl (C=O) groups excluding carboxylic acids is 1. The molecule has 1 aliphatic heterocycles. The van der Waals surface area contributed by atoms with Crippen LogP contribution >= 0.6 is 0 Å². The molecule has 0 bridgehead atoms. The number of fused-ring (bicyclic) bond motifs is 1. The zero-order valence-corrected chi connectivity index (χ0v) is 20.2. The Morgan fingerprint density at radius 2 is 1.81 bits per heavy atom. The smallest absolute Gasteiger partial charge is 0.246 e. The Morgan fingerprint density at radius 1 is 1.03 bits per heavy atom. The van der Waals surface area contributed by atoms with Gasteiger partial charge in [0.2, 0.25) is 5.91 Å². The van der Waals surface area contributed by atoms with E-state index in [-0.39, 0.29) is 5.91 Å². The summed E-state index contributed by atoms with van der Waals surface area (Å²) < 4.78 is 2.10. The van der Waals surface area contributed by atoms with Gasteiger partial charge in [-0.05, 0) is 60.9 Å². The maximum Gasteiger partial charge on any atom is 0.246 e. The highest BCUT2D eigenvalue weighted by Crippen LogP contribution is 2.40. The number of piperazine rings is 1. The van der Waals surface area contributed by atoms with Gasteiger partial charge in [0.1, 0.15) is 11.3 Å². The third-order valence-electron chi connectivity index (χ3n) is 7.06. The van der Waals surface area contributed by atoms with Crippen LogP contribution in [0.25, 0.3) is 28.2 Å². The number of nitrogens with zero attached hydrogens (tertiary/aromatic N) is 6. The number of anilines is 1. The van der Waals surface area contributed by atoms with Crippen molar-refractivity contribution in [3.8, 4) is 17.1 Å². The van der Waals surface area contributed by atoms with Crippen LogP contribution in [0.5, 0.6) is 0 Å². The Labute approximate surface area is 210 Å². The molecule has 1 aliphatic carbocycles. The molecule has 1 aromatic carbocycles. The summed E-state index contributed by atoms with van der Waals surface area (Å²) in [7, 11) is 0. The highest BCUT2D eigenvalue weighted by molar-refractivity contribution is 5.87. The van der Waals surface area contributed by atoms with E-state index in [2.05, 4.69) is 57.4 Å². The molecule has 4 aromatic rings. The lowest BCUT2D eigenvalue weighted by Crippen LogP contribution is -2.47. The topological polar surface area (TPSA) is 93.2 Å². The average molecular weight is 480 g/mol. The Hall–Kier alpha value is -4.04. The average Bonchev–Trinajstić information content (AvgIpc) is 3.70. The molecule has 0 radical (unpaired) electrons. The van der Waals surface area contributed by atoms with Gasteiger partial charge in [-0.25, -0.2) is 15.0 Å². The molecule has 3 aromatic heterocycles. The van der Waals surface area contributed by atoms with Crippen molar-refractivity contribution < 1.29 is 4.79 Å². The van der Waals surface area contributed by atoms with Crippen LogP contribution in [0.15, 0.2) is 67.4 Å².